The number of aliphatic hydroxyl groups excluding tert-OH is 1. The van der Waals surface area contributed by atoms with Crippen molar-refractivity contribution in [1.82, 2.24) is 4.98 Å². The Hall–Kier alpha value is -3.84. The predicted molar refractivity (Wildman–Crippen MR) is 128 cm³/mol. The predicted octanol–water partition coefficient (Wildman–Crippen LogP) is 4.44. The van der Waals surface area contributed by atoms with Crippen molar-refractivity contribution >= 4 is 40.4 Å². The second-order valence-electron chi connectivity index (χ2n) is 7.71. The number of carbonyl (C=O) groups is 2. The molecule has 1 saturated heterocycles. The zero-order valence-corrected chi connectivity index (χ0v) is 19.1. The van der Waals surface area contributed by atoms with Gasteiger partial charge in [-0.15, -0.1) is 0 Å². The number of carbonyl (C=O) groups excluding carboxylic acids is 2. The first kappa shape index (κ1) is 22.4. The third kappa shape index (κ3) is 4.03. The first-order chi connectivity index (χ1) is 15.8. The zero-order chi connectivity index (χ0) is 23.7. The number of Topliss-reactive ketones (excluding diaryl/α,β-unsaturated/α-hetero) is 1. The standard InChI is InChI=1S/C25H22ClN3O4/c1-28(2)16-6-8-17(9-7-16)29-22(15-5-4-12-27-14-15)21(24(31)25(29)32)23(30)19-13-18(33-3)10-11-20(19)26/h4-14,22,30H,1-3H3/b23-21+. The van der Waals surface area contributed by atoms with Gasteiger partial charge in [0.2, 0.25) is 0 Å². The van der Waals surface area contributed by atoms with E-state index in [1.165, 1.54) is 18.1 Å². The van der Waals surface area contributed by atoms with Crippen LogP contribution in [0.1, 0.15) is 17.2 Å². The highest BCUT2D eigenvalue weighted by atomic mass is 35.5. The highest BCUT2D eigenvalue weighted by Crippen LogP contribution is 2.43. The molecule has 2 aromatic carbocycles. The number of pyridine rings is 1. The van der Waals surface area contributed by atoms with Crippen LogP contribution in [0.15, 0.2) is 72.6 Å². The van der Waals surface area contributed by atoms with Crippen molar-refractivity contribution in [1.29, 1.82) is 0 Å². The van der Waals surface area contributed by atoms with Gasteiger partial charge in [-0.2, -0.15) is 0 Å². The maximum absolute atomic E-state index is 13.2. The highest BCUT2D eigenvalue weighted by Gasteiger charge is 2.47. The van der Waals surface area contributed by atoms with Crippen LogP contribution in [0.2, 0.25) is 5.02 Å². The van der Waals surface area contributed by atoms with Crippen LogP contribution in [0.3, 0.4) is 0 Å². The van der Waals surface area contributed by atoms with Gasteiger partial charge in [0, 0.05) is 43.4 Å². The number of anilines is 2. The van der Waals surface area contributed by atoms with E-state index in [0.29, 0.717) is 17.0 Å². The van der Waals surface area contributed by atoms with E-state index in [-0.39, 0.29) is 21.9 Å². The molecule has 7 nitrogen and oxygen atoms in total. The Balaban J connectivity index is 1.92. The number of aromatic nitrogens is 1. The van der Waals surface area contributed by atoms with E-state index in [1.54, 1.807) is 48.8 Å². The first-order valence-corrected chi connectivity index (χ1v) is 10.5. The molecule has 1 amide bonds. The molecule has 4 rings (SSSR count). The molecule has 33 heavy (non-hydrogen) atoms. The summed E-state index contributed by atoms with van der Waals surface area (Å²) in [5.41, 5.74) is 2.17. The fourth-order valence-electron chi connectivity index (χ4n) is 3.82. The normalized spacial score (nSPS) is 17.3. The zero-order valence-electron chi connectivity index (χ0n) is 18.3. The fraction of sp³-hybridized carbons (Fsp3) is 0.160. The molecular weight excluding hydrogens is 442 g/mol. The van der Waals surface area contributed by atoms with Crippen LogP contribution >= 0.6 is 11.6 Å². The molecule has 8 heteroatoms. The summed E-state index contributed by atoms with van der Waals surface area (Å²) in [5, 5.41) is 11.5. The molecule has 1 unspecified atom stereocenters. The first-order valence-electron chi connectivity index (χ1n) is 10.2. The van der Waals surface area contributed by atoms with Gasteiger partial charge in [0.15, 0.2) is 0 Å². The van der Waals surface area contributed by atoms with E-state index in [1.807, 2.05) is 31.1 Å². The number of ketones is 1. The van der Waals surface area contributed by atoms with Gasteiger partial charge in [-0.1, -0.05) is 17.7 Å². The summed E-state index contributed by atoms with van der Waals surface area (Å²) in [5.74, 6) is -1.48. The Bertz CT molecular complexity index is 1240. The van der Waals surface area contributed by atoms with Gasteiger partial charge in [-0.25, -0.2) is 0 Å². The Morgan fingerprint density at radius 2 is 1.85 bits per heavy atom. The van der Waals surface area contributed by atoms with Crippen molar-refractivity contribution in [3.05, 3.63) is 88.7 Å². The Morgan fingerprint density at radius 1 is 1.12 bits per heavy atom. The number of hydrogen-bond donors (Lipinski definition) is 1. The molecule has 1 aliphatic heterocycles. The molecule has 1 aromatic heterocycles. The molecule has 168 valence electrons. The molecule has 0 radical (unpaired) electrons. The van der Waals surface area contributed by atoms with Gasteiger partial charge in [0.25, 0.3) is 11.7 Å². The number of ether oxygens (including phenoxy) is 1. The lowest BCUT2D eigenvalue weighted by Gasteiger charge is -2.25. The van der Waals surface area contributed by atoms with Crippen LogP contribution in [0.4, 0.5) is 11.4 Å². The van der Waals surface area contributed by atoms with E-state index in [0.717, 1.165) is 5.69 Å². The van der Waals surface area contributed by atoms with E-state index in [4.69, 9.17) is 16.3 Å². The average Bonchev–Trinajstić information content (AvgIpc) is 3.10. The van der Waals surface area contributed by atoms with Crippen LogP contribution in [0, 0.1) is 0 Å². The molecule has 0 aliphatic carbocycles. The maximum Gasteiger partial charge on any atom is 0.300 e. The van der Waals surface area contributed by atoms with Gasteiger partial charge < -0.3 is 14.7 Å². The number of rotatable bonds is 5. The lowest BCUT2D eigenvalue weighted by Crippen LogP contribution is -2.29. The van der Waals surface area contributed by atoms with E-state index < -0.39 is 17.7 Å². The summed E-state index contributed by atoms with van der Waals surface area (Å²) in [4.78, 5) is 33.9. The quantitative estimate of drug-likeness (QED) is 0.342. The second kappa shape index (κ2) is 8.96. The lowest BCUT2D eigenvalue weighted by molar-refractivity contribution is -0.132. The van der Waals surface area contributed by atoms with Gasteiger partial charge in [0.1, 0.15) is 11.5 Å². The van der Waals surface area contributed by atoms with Crippen molar-refractivity contribution in [3.8, 4) is 5.75 Å². The van der Waals surface area contributed by atoms with Crippen LogP contribution in [0.25, 0.3) is 5.76 Å². The minimum absolute atomic E-state index is 0.0696. The summed E-state index contributed by atoms with van der Waals surface area (Å²) >= 11 is 6.33. The van der Waals surface area contributed by atoms with Gasteiger partial charge in [-0.3, -0.25) is 19.5 Å². The Morgan fingerprint density at radius 3 is 2.45 bits per heavy atom. The molecule has 0 spiro atoms. The number of halogens is 1. The third-order valence-electron chi connectivity index (χ3n) is 5.52. The topological polar surface area (TPSA) is 83.0 Å². The highest BCUT2D eigenvalue weighted by molar-refractivity contribution is 6.52. The molecule has 2 heterocycles. The van der Waals surface area contributed by atoms with Crippen molar-refractivity contribution in [2.75, 3.05) is 31.0 Å². The number of hydrogen-bond acceptors (Lipinski definition) is 6. The van der Waals surface area contributed by atoms with Gasteiger partial charge in [-0.05, 0) is 54.1 Å². The van der Waals surface area contributed by atoms with E-state index in [2.05, 4.69) is 4.98 Å². The maximum atomic E-state index is 13.2. The SMILES string of the molecule is COc1ccc(Cl)c(/C(O)=C2\C(=O)C(=O)N(c3ccc(N(C)C)cc3)C2c2cccnc2)c1. The monoisotopic (exact) mass is 463 g/mol. The molecule has 3 aromatic rings. The molecular formula is C25H22ClN3O4. The van der Waals surface area contributed by atoms with E-state index in [9.17, 15) is 14.7 Å². The third-order valence-corrected chi connectivity index (χ3v) is 5.85. The molecule has 1 atom stereocenters. The van der Waals surface area contributed by atoms with Crippen molar-refractivity contribution in [2.24, 2.45) is 0 Å². The summed E-state index contributed by atoms with van der Waals surface area (Å²) < 4.78 is 5.23. The minimum Gasteiger partial charge on any atom is -0.507 e. The number of methoxy groups -OCH3 is 1. The molecule has 0 saturated carbocycles. The van der Waals surface area contributed by atoms with Crippen LogP contribution in [-0.2, 0) is 9.59 Å². The fourth-order valence-corrected chi connectivity index (χ4v) is 4.03. The van der Waals surface area contributed by atoms with Crippen LogP contribution < -0.4 is 14.5 Å². The summed E-state index contributed by atoms with van der Waals surface area (Å²) in [7, 11) is 5.31. The average molecular weight is 464 g/mol. The van der Waals surface area contributed by atoms with Crippen molar-refractivity contribution < 1.29 is 19.4 Å². The molecule has 0 bridgehead atoms. The van der Waals surface area contributed by atoms with Crippen molar-refractivity contribution in [3.63, 3.8) is 0 Å². The Kier molecular flexibility index (Phi) is 6.07. The number of amides is 1. The van der Waals surface area contributed by atoms with E-state index >= 15 is 0 Å². The number of benzene rings is 2. The second-order valence-corrected chi connectivity index (χ2v) is 8.12. The molecule has 1 aliphatic rings. The molecule has 1 fully saturated rings. The van der Waals surface area contributed by atoms with Gasteiger partial charge in [0.05, 0.1) is 23.7 Å². The smallest absolute Gasteiger partial charge is 0.300 e. The van der Waals surface area contributed by atoms with Crippen LogP contribution in [0.5, 0.6) is 5.75 Å². The van der Waals surface area contributed by atoms with Crippen LogP contribution in [-0.4, -0.2) is 43.0 Å². The molecule has 1 N–H and O–H groups in total. The minimum atomic E-state index is -0.883. The number of aliphatic hydroxyl groups is 1. The summed E-state index contributed by atoms with van der Waals surface area (Å²) in [6, 6.07) is 14.6. The largest absolute Gasteiger partial charge is 0.507 e. The van der Waals surface area contributed by atoms with Crippen molar-refractivity contribution in [2.45, 2.75) is 6.04 Å². The number of nitrogens with zero attached hydrogens (tertiary/aromatic N) is 3. The summed E-state index contributed by atoms with van der Waals surface area (Å²) in [6.45, 7) is 0. The summed E-state index contributed by atoms with van der Waals surface area (Å²) in [6.07, 6.45) is 3.17. The Labute approximate surface area is 196 Å². The lowest BCUT2D eigenvalue weighted by atomic mass is 9.96. The van der Waals surface area contributed by atoms with Gasteiger partial charge >= 0.3 is 0 Å².